The SMILES string of the molecule is N#Cc1cn(O)c2c1CCOCC2. The summed E-state index contributed by atoms with van der Waals surface area (Å²) in [6.45, 7) is 1.24. The fourth-order valence-corrected chi connectivity index (χ4v) is 1.66. The van der Waals surface area contributed by atoms with Gasteiger partial charge in [-0.05, 0) is 12.0 Å². The number of hydrogen-bond donors (Lipinski definition) is 1. The summed E-state index contributed by atoms with van der Waals surface area (Å²) in [5.74, 6) is 0. The zero-order valence-electron chi connectivity index (χ0n) is 7.16. The molecule has 0 radical (unpaired) electrons. The van der Waals surface area contributed by atoms with Gasteiger partial charge in [-0.3, -0.25) is 0 Å². The van der Waals surface area contributed by atoms with Gasteiger partial charge in [-0.1, -0.05) is 0 Å². The topological polar surface area (TPSA) is 58.2 Å². The van der Waals surface area contributed by atoms with E-state index in [-0.39, 0.29) is 0 Å². The largest absolute Gasteiger partial charge is 0.429 e. The third-order valence-electron chi connectivity index (χ3n) is 2.30. The maximum Gasteiger partial charge on any atom is 0.101 e. The second-order valence-electron chi connectivity index (χ2n) is 3.04. The maximum absolute atomic E-state index is 9.44. The first-order valence-corrected chi connectivity index (χ1v) is 4.23. The minimum Gasteiger partial charge on any atom is -0.429 e. The molecule has 1 aromatic heterocycles. The Morgan fingerprint density at radius 3 is 3.00 bits per heavy atom. The van der Waals surface area contributed by atoms with E-state index in [9.17, 15) is 5.21 Å². The number of ether oxygens (including phenoxy) is 1. The molecule has 68 valence electrons. The van der Waals surface area contributed by atoms with Gasteiger partial charge in [-0.15, -0.1) is 0 Å². The van der Waals surface area contributed by atoms with Crippen LogP contribution in [0.4, 0.5) is 0 Å². The molecule has 4 nitrogen and oxygen atoms in total. The summed E-state index contributed by atoms with van der Waals surface area (Å²) in [6, 6.07) is 2.07. The summed E-state index contributed by atoms with van der Waals surface area (Å²) in [7, 11) is 0. The third kappa shape index (κ3) is 1.27. The Labute approximate surface area is 75.9 Å². The number of fused-ring (bicyclic) bond motifs is 1. The number of nitrogens with zero attached hydrogens (tertiary/aromatic N) is 2. The molecule has 1 aliphatic heterocycles. The van der Waals surface area contributed by atoms with E-state index in [1.807, 2.05) is 0 Å². The Morgan fingerprint density at radius 2 is 2.23 bits per heavy atom. The monoisotopic (exact) mass is 178 g/mol. The maximum atomic E-state index is 9.44. The highest BCUT2D eigenvalue weighted by Gasteiger charge is 2.17. The van der Waals surface area contributed by atoms with Crippen LogP contribution in [0, 0.1) is 11.3 Å². The number of aromatic nitrogens is 1. The predicted octanol–water partition coefficient (Wildman–Crippen LogP) is 0.712. The molecule has 0 saturated carbocycles. The zero-order valence-corrected chi connectivity index (χ0v) is 7.16. The van der Waals surface area contributed by atoms with E-state index in [1.165, 1.54) is 6.20 Å². The first-order valence-electron chi connectivity index (χ1n) is 4.23. The van der Waals surface area contributed by atoms with Crippen molar-refractivity contribution >= 4 is 0 Å². The van der Waals surface area contributed by atoms with Gasteiger partial charge in [0.2, 0.25) is 0 Å². The Balaban J connectivity index is 2.49. The van der Waals surface area contributed by atoms with Crippen LogP contribution < -0.4 is 0 Å². The lowest BCUT2D eigenvalue weighted by Crippen LogP contribution is -2.00. The molecule has 13 heavy (non-hydrogen) atoms. The molecular formula is C9H10N2O2. The number of hydrogen-bond acceptors (Lipinski definition) is 3. The van der Waals surface area contributed by atoms with Gasteiger partial charge in [-0.2, -0.15) is 9.99 Å². The molecule has 4 heteroatoms. The Kier molecular flexibility index (Phi) is 1.95. The lowest BCUT2D eigenvalue weighted by Gasteiger charge is -1.99. The van der Waals surface area contributed by atoms with Crippen molar-refractivity contribution in [2.75, 3.05) is 13.2 Å². The molecule has 1 N–H and O–H groups in total. The van der Waals surface area contributed by atoms with Gasteiger partial charge >= 0.3 is 0 Å². The summed E-state index contributed by atoms with van der Waals surface area (Å²) in [4.78, 5) is 0. The van der Waals surface area contributed by atoms with Crippen LogP contribution in [0.25, 0.3) is 0 Å². The molecule has 0 aromatic carbocycles. The van der Waals surface area contributed by atoms with Gasteiger partial charge in [0.15, 0.2) is 0 Å². The normalized spacial score (nSPS) is 15.9. The van der Waals surface area contributed by atoms with E-state index in [0.717, 1.165) is 16.0 Å². The molecule has 0 aliphatic carbocycles. The van der Waals surface area contributed by atoms with Crippen LogP contribution in [0.15, 0.2) is 6.20 Å². The van der Waals surface area contributed by atoms with Gasteiger partial charge in [-0.25, -0.2) is 0 Å². The van der Waals surface area contributed by atoms with Crippen molar-refractivity contribution < 1.29 is 9.94 Å². The highest BCUT2D eigenvalue weighted by atomic mass is 16.5. The van der Waals surface area contributed by atoms with Gasteiger partial charge in [0.25, 0.3) is 0 Å². The molecule has 0 atom stereocenters. The van der Waals surface area contributed by atoms with Gasteiger partial charge in [0, 0.05) is 6.42 Å². The lowest BCUT2D eigenvalue weighted by atomic mass is 10.1. The van der Waals surface area contributed by atoms with Gasteiger partial charge in [0.1, 0.15) is 6.07 Å². The highest BCUT2D eigenvalue weighted by Crippen LogP contribution is 2.19. The van der Waals surface area contributed by atoms with Crippen molar-refractivity contribution in [1.29, 1.82) is 5.26 Å². The molecule has 2 heterocycles. The summed E-state index contributed by atoms with van der Waals surface area (Å²) in [6.07, 6.45) is 2.86. The van der Waals surface area contributed by atoms with E-state index in [1.54, 1.807) is 0 Å². The summed E-state index contributed by atoms with van der Waals surface area (Å²) >= 11 is 0. The Bertz CT molecular complexity index is 362. The van der Waals surface area contributed by atoms with Crippen molar-refractivity contribution in [3.05, 3.63) is 23.0 Å². The first-order chi connectivity index (χ1) is 6.33. The standard InChI is InChI=1S/C9H10N2O2/c10-5-7-6-11(12)9-2-4-13-3-1-8(7)9/h6,12H,1-4H2. The molecule has 2 rings (SSSR count). The number of rotatable bonds is 0. The van der Waals surface area contributed by atoms with E-state index in [2.05, 4.69) is 6.07 Å². The average molecular weight is 178 g/mol. The van der Waals surface area contributed by atoms with Crippen LogP contribution in [0.5, 0.6) is 0 Å². The van der Waals surface area contributed by atoms with Crippen LogP contribution in [0.1, 0.15) is 16.8 Å². The molecular weight excluding hydrogens is 168 g/mol. The summed E-state index contributed by atoms with van der Waals surface area (Å²) in [5.41, 5.74) is 2.31. The van der Waals surface area contributed by atoms with E-state index < -0.39 is 0 Å². The van der Waals surface area contributed by atoms with E-state index >= 15 is 0 Å². The Hall–Kier alpha value is -1.47. The van der Waals surface area contributed by atoms with Crippen molar-refractivity contribution in [3.63, 3.8) is 0 Å². The predicted molar refractivity (Wildman–Crippen MR) is 44.6 cm³/mol. The van der Waals surface area contributed by atoms with Crippen molar-refractivity contribution in [1.82, 2.24) is 4.73 Å². The second-order valence-corrected chi connectivity index (χ2v) is 3.04. The molecule has 0 saturated heterocycles. The van der Waals surface area contributed by atoms with Crippen LogP contribution in [-0.2, 0) is 17.6 Å². The van der Waals surface area contributed by atoms with Crippen LogP contribution in [0.3, 0.4) is 0 Å². The number of nitriles is 1. The molecule has 0 bridgehead atoms. The van der Waals surface area contributed by atoms with E-state index in [0.29, 0.717) is 31.6 Å². The molecule has 0 fully saturated rings. The Morgan fingerprint density at radius 1 is 1.46 bits per heavy atom. The van der Waals surface area contributed by atoms with E-state index in [4.69, 9.17) is 10.00 Å². The fourth-order valence-electron chi connectivity index (χ4n) is 1.66. The average Bonchev–Trinajstić information content (AvgIpc) is 2.38. The fraction of sp³-hybridized carbons (Fsp3) is 0.444. The van der Waals surface area contributed by atoms with Crippen LogP contribution >= 0.6 is 0 Å². The summed E-state index contributed by atoms with van der Waals surface area (Å²) < 4.78 is 6.30. The summed E-state index contributed by atoms with van der Waals surface area (Å²) in [5, 5.41) is 18.2. The van der Waals surface area contributed by atoms with Gasteiger partial charge < -0.3 is 9.94 Å². The molecule has 1 aromatic rings. The van der Waals surface area contributed by atoms with Crippen LogP contribution in [-0.4, -0.2) is 23.2 Å². The van der Waals surface area contributed by atoms with Gasteiger partial charge in [0.05, 0.1) is 30.7 Å². The smallest absolute Gasteiger partial charge is 0.101 e. The third-order valence-corrected chi connectivity index (χ3v) is 2.30. The van der Waals surface area contributed by atoms with Crippen molar-refractivity contribution in [3.8, 4) is 6.07 Å². The quantitative estimate of drug-likeness (QED) is 0.595. The minimum atomic E-state index is 0.558. The van der Waals surface area contributed by atoms with Crippen molar-refractivity contribution in [2.45, 2.75) is 12.8 Å². The zero-order chi connectivity index (χ0) is 9.26. The van der Waals surface area contributed by atoms with Crippen molar-refractivity contribution in [2.24, 2.45) is 0 Å². The molecule has 0 unspecified atom stereocenters. The lowest BCUT2D eigenvalue weighted by molar-refractivity contribution is 0.137. The molecule has 1 aliphatic rings. The van der Waals surface area contributed by atoms with Crippen LogP contribution in [0.2, 0.25) is 0 Å². The molecule has 0 spiro atoms. The highest BCUT2D eigenvalue weighted by molar-refractivity contribution is 5.41. The molecule has 0 amide bonds. The second kappa shape index (κ2) is 3.11. The first kappa shape index (κ1) is 8.14. The minimum absolute atomic E-state index is 0.558.